The average molecular weight is 306 g/mol. The molecular formula is C18H21ClFN. The summed E-state index contributed by atoms with van der Waals surface area (Å²) in [5.74, 6) is -0.240. The maximum Gasteiger partial charge on any atom is 0.123 e. The first-order valence-corrected chi connectivity index (χ1v) is 7.54. The SMILES string of the molecule is CNC(Cc1cc(C)ccc1C)Cc1cc(F)ccc1Cl. The van der Waals surface area contributed by atoms with Crippen LogP contribution < -0.4 is 5.32 Å². The largest absolute Gasteiger partial charge is 0.316 e. The third-order valence-corrected chi connectivity index (χ3v) is 4.22. The summed E-state index contributed by atoms with van der Waals surface area (Å²) < 4.78 is 13.4. The summed E-state index contributed by atoms with van der Waals surface area (Å²) in [6.45, 7) is 4.22. The molecular weight excluding hydrogens is 285 g/mol. The van der Waals surface area contributed by atoms with Crippen LogP contribution >= 0.6 is 11.6 Å². The molecule has 0 spiro atoms. The zero-order valence-electron chi connectivity index (χ0n) is 12.7. The van der Waals surface area contributed by atoms with Crippen molar-refractivity contribution in [1.82, 2.24) is 5.32 Å². The zero-order valence-corrected chi connectivity index (χ0v) is 13.5. The highest BCUT2D eigenvalue weighted by Gasteiger charge is 2.13. The highest BCUT2D eigenvalue weighted by Crippen LogP contribution is 2.21. The second-order valence-electron chi connectivity index (χ2n) is 5.56. The van der Waals surface area contributed by atoms with Gasteiger partial charge in [0.25, 0.3) is 0 Å². The van der Waals surface area contributed by atoms with Crippen molar-refractivity contribution in [3.8, 4) is 0 Å². The molecule has 1 unspecified atom stereocenters. The Balaban J connectivity index is 2.16. The molecule has 0 saturated heterocycles. The third-order valence-electron chi connectivity index (χ3n) is 3.85. The molecule has 0 fully saturated rings. The van der Waals surface area contributed by atoms with Gasteiger partial charge < -0.3 is 5.32 Å². The van der Waals surface area contributed by atoms with Crippen molar-refractivity contribution in [3.63, 3.8) is 0 Å². The number of nitrogens with one attached hydrogen (secondary N) is 1. The summed E-state index contributed by atoms with van der Waals surface area (Å²) in [5.41, 5.74) is 4.71. The quantitative estimate of drug-likeness (QED) is 0.859. The van der Waals surface area contributed by atoms with Gasteiger partial charge in [0.05, 0.1) is 0 Å². The number of hydrogen-bond donors (Lipinski definition) is 1. The number of likely N-dealkylation sites (N-methyl/N-ethyl adjacent to an activating group) is 1. The molecule has 2 rings (SSSR count). The van der Waals surface area contributed by atoms with E-state index in [0.717, 1.165) is 12.0 Å². The van der Waals surface area contributed by atoms with Crippen molar-refractivity contribution in [3.05, 3.63) is 69.5 Å². The lowest BCUT2D eigenvalue weighted by Gasteiger charge is -2.19. The number of benzene rings is 2. The molecule has 0 saturated carbocycles. The van der Waals surface area contributed by atoms with Crippen LogP contribution in [0.25, 0.3) is 0 Å². The third kappa shape index (κ3) is 4.29. The standard InChI is InChI=1S/C18H21ClFN/c1-12-4-5-13(2)14(8-12)10-17(21-3)11-15-9-16(20)6-7-18(15)19/h4-9,17,21H,10-11H2,1-3H3. The van der Waals surface area contributed by atoms with Crippen LogP contribution in [0.15, 0.2) is 36.4 Å². The topological polar surface area (TPSA) is 12.0 Å². The van der Waals surface area contributed by atoms with Crippen molar-refractivity contribution < 1.29 is 4.39 Å². The summed E-state index contributed by atoms with van der Waals surface area (Å²) in [5, 5.41) is 3.93. The van der Waals surface area contributed by atoms with Gasteiger partial charge in [0, 0.05) is 11.1 Å². The van der Waals surface area contributed by atoms with Gasteiger partial charge in [-0.2, -0.15) is 0 Å². The van der Waals surface area contributed by atoms with E-state index in [-0.39, 0.29) is 11.9 Å². The first-order valence-electron chi connectivity index (χ1n) is 7.17. The van der Waals surface area contributed by atoms with Crippen molar-refractivity contribution >= 4 is 11.6 Å². The lowest BCUT2D eigenvalue weighted by molar-refractivity contribution is 0.551. The predicted octanol–water partition coefficient (Wildman–Crippen LogP) is 4.47. The van der Waals surface area contributed by atoms with Crippen LogP contribution in [-0.4, -0.2) is 13.1 Å². The molecule has 112 valence electrons. The molecule has 0 aliphatic carbocycles. The minimum Gasteiger partial charge on any atom is -0.316 e. The number of aryl methyl sites for hydroxylation is 2. The van der Waals surface area contributed by atoms with Crippen molar-refractivity contribution in [2.24, 2.45) is 0 Å². The van der Waals surface area contributed by atoms with Crippen LogP contribution in [0.3, 0.4) is 0 Å². The summed E-state index contributed by atoms with van der Waals surface area (Å²) in [7, 11) is 1.93. The lowest BCUT2D eigenvalue weighted by atomic mass is 9.95. The highest BCUT2D eigenvalue weighted by molar-refractivity contribution is 6.31. The molecule has 1 N–H and O–H groups in total. The van der Waals surface area contributed by atoms with E-state index >= 15 is 0 Å². The van der Waals surface area contributed by atoms with Gasteiger partial charge in [-0.25, -0.2) is 4.39 Å². The summed E-state index contributed by atoms with van der Waals surface area (Å²) in [6, 6.07) is 11.2. The Morgan fingerprint density at radius 2 is 1.76 bits per heavy atom. The van der Waals surface area contributed by atoms with E-state index in [9.17, 15) is 4.39 Å². The van der Waals surface area contributed by atoms with Crippen LogP contribution in [0.2, 0.25) is 5.02 Å². The molecule has 0 aromatic heterocycles. The Morgan fingerprint density at radius 1 is 1.05 bits per heavy atom. The molecule has 1 atom stereocenters. The molecule has 3 heteroatoms. The Morgan fingerprint density at radius 3 is 2.48 bits per heavy atom. The van der Waals surface area contributed by atoms with Crippen LogP contribution in [-0.2, 0) is 12.8 Å². The first kappa shape index (κ1) is 16.0. The minimum absolute atomic E-state index is 0.227. The average Bonchev–Trinajstić information content (AvgIpc) is 2.45. The Bertz CT molecular complexity index is 571. The molecule has 0 aliphatic heterocycles. The summed E-state index contributed by atoms with van der Waals surface area (Å²) in [4.78, 5) is 0. The molecule has 0 amide bonds. The van der Waals surface area contributed by atoms with Gasteiger partial charge in [-0.3, -0.25) is 0 Å². The smallest absolute Gasteiger partial charge is 0.123 e. The van der Waals surface area contributed by atoms with Crippen LogP contribution in [0.4, 0.5) is 4.39 Å². The second-order valence-corrected chi connectivity index (χ2v) is 5.97. The first-order chi connectivity index (χ1) is 9.99. The van der Waals surface area contributed by atoms with Crippen molar-refractivity contribution in [2.75, 3.05) is 7.05 Å². The van der Waals surface area contributed by atoms with Gasteiger partial charge in [-0.15, -0.1) is 0 Å². The maximum absolute atomic E-state index is 13.4. The van der Waals surface area contributed by atoms with Gasteiger partial charge in [0.15, 0.2) is 0 Å². The van der Waals surface area contributed by atoms with Crippen molar-refractivity contribution in [1.29, 1.82) is 0 Å². The van der Waals surface area contributed by atoms with Crippen LogP contribution in [0.5, 0.6) is 0 Å². The number of rotatable bonds is 5. The Hall–Kier alpha value is -1.38. The van der Waals surface area contributed by atoms with Gasteiger partial charge >= 0.3 is 0 Å². The fourth-order valence-corrected chi connectivity index (χ4v) is 2.72. The Labute approximate surface area is 131 Å². The van der Waals surface area contributed by atoms with E-state index < -0.39 is 0 Å². The molecule has 0 radical (unpaired) electrons. The predicted molar refractivity (Wildman–Crippen MR) is 87.6 cm³/mol. The van der Waals surface area contributed by atoms with Crippen LogP contribution in [0.1, 0.15) is 22.3 Å². The highest BCUT2D eigenvalue weighted by atomic mass is 35.5. The number of hydrogen-bond acceptors (Lipinski definition) is 1. The molecule has 0 heterocycles. The molecule has 0 aliphatic rings. The Kier molecular flexibility index (Phi) is 5.38. The number of halogens is 2. The van der Waals surface area contributed by atoms with E-state index in [1.807, 2.05) is 7.05 Å². The maximum atomic E-state index is 13.4. The normalized spacial score (nSPS) is 12.4. The van der Waals surface area contributed by atoms with Crippen LogP contribution in [0, 0.1) is 19.7 Å². The van der Waals surface area contributed by atoms with E-state index in [2.05, 4.69) is 37.4 Å². The molecule has 0 bridgehead atoms. The van der Waals surface area contributed by atoms with E-state index in [4.69, 9.17) is 11.6 Å². The van der Waals surface area contributed by atoms with Crippen molar-refractivity contribution in [2.45, 2.75) is 32.7 Å². The molecule has 2 aromatic rings. The second kappa shape index (κ2) is 7.06. The molecule has 1 nitrogen and oxygen atoms in total. The fraction of sp³-hybridized carbons (Fsp3) is 0.333. The fourth-order valence-electron chi connectivity index (χ4n) is 2.53. The zero-order chi connectivity index (χ0) is 15.4. The van der Waals surface area contributed by atoms with Gasteiger partial charge in [-0.1, -0.05) is 35.4 Å². The van der Waals surface area contributed by atoms with Gasteiger partial charge in [-0.05, 0) is 68.6 Å². The minimum atomic E-state index is -0.240. The van der Waals surface area contributed by atoms with E-state index in [0.29, 0.717) is 11.4 Å². The van der Waals surface area contributed by atoms with Gasteiger partial charge in [0.2, 0.25) is 0 Å². The molecule has 21 heavy (non-hydrogen) atoms. The van der Waals surface area contributed by atoms with E-state index in [1.54, 1.807) is 6.07 Å². The monoisotopic (exact) mass is 305 g/mol. The van der Waals surface area contributed by atoms with Gasteiger partial charge in [0.1, 0.15) is 5.82 Å². The summed E-state index contributed by atoms with van der Waals surface area (Å²) in [6.07, 6.45) is 1.61. The summed E-state index contributed by atoms with van der Waals surface area (Å²) >= 11 is 6.16. The van der Waals surface area contributed by atoms with E-state index in [1.165, 1.54) is 28.8 Å². The molecule has 2 aromatic carbocycles. The lowest BCUT2D eigenvalue weighted by Crippen LogP contribution is -2.30.